The Balaban J connectivity index is 2.54. The van der Waals surface area contributed by atoms with Crippen molar-refractivity contribution in [2.45, 2.75) is 58.9 Å². The van der Waals surface area contributed by atoms with Gasteiger partial charge in [0.25, 0.3) is 0 Å². The number of hydrogen-bond donors (Lipinski definition) is 1. The van der Waals surface area contributed by atoms with Gasteiger partial charge >= 0.3 is 0 Å². The zero-order valence-corrected chi connectivity index (χ0v) is 12.2. The summed E-state index contributed by atoms with van der Waals surface area (Å²) in [6.07, 6.45) is 9.99. The van der Waals surface area contributed by atoms with Gasteiger partial charge in [-0.25, -0.2) is 0 Å². The van der Waals surface area contributed by atoms with E-state index in [0.29, 0.717) is 6.04 Å². The van der Waals surface area contributed by atoms with Crippen LogP contribution in [0.25, 0.3) is 0 Å². The molecule has 0 saturated heterocycles. The Morgan fingerprint density at radius 1 is 1.22 bits per heavy atom. The fourth-order valence-electron chi connectivity index (χ4n) is 2.42. The zero-order valence-electron chi connectivity index (χ0n) is 12.2. The smallest absolute Gasteiger partial charge is 0.0300 e. The van der Waals surface area contributed by atoms with Crippen molar-refractivity contribution in [2.24, 2.45) is 5.92 Å². The lowest BCUT2D eigenvalue weighted by Crippen LogP contribution is -2.33. The first-order chi connectivity index (χ1) is 8.80. The third-order valence-corrected chi connectivity index (χ3v) is 3.66. The van der Waals surface area contributed by atoms with E-state index in [1.165, 1.54) is 31.2 Å². The van der Waals surface area contributed by atoms with Gasteiger partial charge in [0, 0.05) is 18.4 Å². The number of rotatable bonds is 9. The highest BCUT2D eigenvalue weighted by atomic mass is 14.9. The van der Waals surface area contributed by atoms with Crippen LogP contribution in [0.5, 0.6) is 0 Å². The maximum Gasteiger partial charge on any atom is 0.0300 e. The molecule has 1 aromatic rings. The van der Waals surface area contributed by atoms with Gasteiger partial charge in [-0.2, -0.15) is 0 Å². The molecule has 0 aliphatic heterocycles. The molecule has 0 fully saturated rings. The maximum atomic E-state index is 4.21. The van der Waals surface area contributed by atoms with E-state index in [0.717, 1.165) is 18.9 Å². The van der Waals surface area contributed by atoms with Crippen molar-refractivity contribution < 1.29 is 0 Å². The van der Waals surface area contributed by atoms with Gasteiger partial charge in [0.15, 0.2) is 0 Å². The summed E-state index contributed by atoms with van der Waals surface area (Å²) in [5, 5.41) is 3.69. The lowest BCUT2D eigenvalue weighted by molar-refractivity contribution is 0.363. The minimum Gasteiger partial charge on any atom is -0.314 e. The Kier molecular flexibility index (Phi) is 7.66. The summed E-state index contributed by atoms with van der Waals surface area (Å²) in [4.78, 5) is 4.21. The van der Waals surface area contributed by atoms with Crippen LogP contribution in [-0.4, -0.2) is 17.6 Å². The van der Waals surface area contributed by atoms with Gasteiger partial charge in [0.1, 0.15) is 0 Å². The molecule has 0 bridgehead atoms. The second-order valence-electron chi connectivity index (χ2n) is 5.13. The van der Waals surface area contributed by atoms with E-state index in [9.17, 15) is 0 Å². The van der Waals surface area contributed by atoms with Gasteiger partial charge in [-0.3, -0.25) is 4.98 Å². The second-order valence-corrected chi connectivity index (χ2v) is 5.13. The van der Waals surface area contributed by atoms with Crippen molar-refractivity contribution in [1.82, 2.24) is 10.3 Å². The zero-order chi connectivity index (χ0) is 13.2. The fraction of sp³-hybridized carbons (Fsp3) is 0.688. The van der Waals surface area contributed by atoms with Crippen LogP contribution in [0.15, 0.2) is 24.5 Å². The van der Waals surface area contributed by atoms with Crippen LogP contribution in [0.4, 0.5) is 0 Å². The van der Waals surface area contributed by atoms with Crippen molar-refractivity contribution in [2.75, 3.05) is 6.54 Å². The molecule has 0 spiro atoms. The minimum absolute atomic E-state index is 0.596. The molecule has 0 aromatic carbocycles. The van der Waals surface area contributed by atoms with Crippen LogP contribution in [0.3, 0.4) is 0 Å². The number of nitrogens with one attached hydrogen (secondary N) is 1. The largest absolute Gasteiger partial charge is 0.314 e. The first-order valence-electron chi connectivity index (χ1n) is 7.42. The van der Waals surface area contributed by atoms with Gasteiger partial charge in [0.05, 0.1) is 0 Å². The van der Waals surface area contributed by atoms with E-state index in [1.54, 1.807) is 0 Å². The molecule has 0 amide bonds. The highest BCUT2D eigenvalue weighted by molar-refractivity contribution is 5.10. The SMILES string of the molecule is CCCNC(Cc1cccnc1)CC(CC)CC. The minimum atomic E-state index is 0.596. The number of pyridine rings is 1. The summed E-state index contributed by atoms with van der Waals surface area (Å²) in [5.41, 5.74) is 1.34. The van der Waals surface area contributed by atoms with Crippen LogP contribution in [0.2, 0.25) is 0 Å². The van der Waals surface area contributed by atoms with Crippen molar-refractivity contribution in [3.8, 4) is 0 Å². The van der Waals surface area contributed by atoms with Crippen LogP contribution in [-0.2, 0) is 6.42 Å². The molecule has 1 rings (SSSR count). The third kappa shape index (κ3) is 5.63. The molecule has 0 aliphatic carbocycles. The van der Waals surface area contributed by atoms with Crippen molar-refractivity contribution >= 4 is 0 Å². The lowest BCUT2D eigenvalue weighted by atomic mass is 9.92. The predicted octanol–water partition coefficient (Wildman–Crippen LogP) is 3.82. The molecule has 1 atom stereocenters. The summed E-state index contributed by atoms with van der Waals surface area (Å²) >= 11 is 0. The Hall–Kier alpha value is -0.890. The van der Waals surface area contributed by atoms with Crippen molar-refractivity contribution in [3.63, 3.8) is 0 Å². The molecular formula is C16H28N2. The molecule has 2 heteroatoms. The Morgan fingerprint density at radius 3 is 2.56 bits per heavy atom. The monoisotopic (exact) mass is 248 g/mol. The van der Waals surface area contributed by atoms with Crippen LogP contribution in [0, 0.1) is 5.92 Å². The summed E-state index contributed by atoms with van der Waals surface area (Å²) in [6.45, 7) is 7.95. The quantitative estimate of drug-likeness (QED) is 0.718. The van der Waals surface area contributed by atoms with Gasteiger partial charge in [-0.1, -0.05) is 39.7 Å². The van der Waals surface area contributed by atoms with Gasteiger partial charge in [0.2, 0.25) is 0 Å². The molecule has 0 saturated carbocycles. The molecule has 1 aromatic heterocycles. The van der Waals surface area contributed by atoms with E-state index in [4.69, 9.17) is 0 Å². The lowest BCUT2D eigenvalue weighted by Gasteiger charge is -2.23. The van der Waals surface area contributed by atoms with Crippen molar-refractivity contribution in [3.05, 3.63) is 30.1 Å². The van der Waals surface area contributed by atoms with E-state index in [2.05, 4.69) is 37.1 Å². The maximum absolute atomic E-state index is 4.21. The van der Waals surface area contributed by atoms with Crippen LogP contribution >= 0.6 is 0 Å². The molecule has 102 valence electrons. The number of hydrogen-bond acceptors (Lipinski definition) is 2. The number of aromatic nitrogens is 1. The first kappa shape index (κ1) is 15.2. The van der Waals surface area contributed by atoms with E-state index >= 15 is 0 Å². The Morgan fingerprint density at radius 2 is 2.00 bits per heavy atom. The normalized spacial score (nSPS) is 12.9. The van der Waals surface area contributed by atoms with Gasteiger partial charge in [-0.05, 0) is 43.4 Å². The van der Waals surface area contributed by atoms with Crippen LogP contribution in [0.1, 0.15) is 52.0 Å². The highest BCUT2D eigenvalue weighted by Crippen LogP contribution is 2.17. The van der Waals surface area contributed by atoms with Crippen LogP contribution < -0.4 is 5.32 Å². The second kappa shape index (κ2) is 9.09. The summed E-state index contributed by atoms with van der Waals surface area (Å²) in [6, 6.07) is 4.81. The van der Waals surface area contributed by atoms with Gasteiger partial charge in [-0.15, -0.1) is 0 Å². The standard InChI is InChI=1S/C16H28N2/c1-4-9-18-16(11-14(5-2)6-3)12-15-8-7-10-17-13-15/h7-8,10,13-14,16,18H,4-6,9,11-12H2,1-3H3. The van der Waals surface area contributed by atoms with Gasteiger partial charge < -0.3 is 5.32 Å². The molecular weight excluding hydrogens is 220 g/mol. The summed E-state index contributed by atoms with van der Waals surface area (Å²) in [5.74, 6) is 0.844. The number of nitrogens with zero attached hydrogens (tertiary/aromatic N) is 1. The van der Waals surface area contributed by atoms with Crippen molar-refractivity contribution in [1.29, 1.82) is 0 Å². The molecule has 0 radical (unpaired) electrons. The fourth-order valence-corrected chi connectivity index (χ4v) is 2.42. The summed E-state index contributed by atoms with van der Waals surface area (Å²) < 4.78 is 0. The summed E-state index contributed by atoms with van der Waals surface area (Å²) in [7, 11) is 0. The Bertz CT molecular complexity index is 293. The van der Waals surface area contributed by atoms with E-state index in [-0.39, 0.29) is 0 Å². The average Bonchev–Trinajstić information content (AvgIpc) is 2.42. The van der Waals surface area contributed by atoms with E-state index < -0.39 is 0 Å². The first-order valence-corrected chi connectivity index (χ1v) is 7.42. The molecule has 18 heavy (non-hydrogen) atoms. The topological polar surface area (TPSA) is 24.9 Å². The molecule has 1 N–H and O–H groups in total. The molecule has 2 nitrogen and oxygen atoms in total. The molecule has 1 heterocycles. The Labute approximate surface area is 112 Å². The third-order valence-electron chi connectivity index (χ3n) is 3.66. The molecule has 1 unspecified atom stereocenters. The highest BCUT2D eigenvalue weighted by Gasteiger charge is 2.14. The van der Waals surface area contributed by atoms with E-state index in [1.807, 2.05) is 18.5 Å². The molecule has 0 aliphatic rings. The average molecular weight is 248 g/mol. The predicted molar refractivity (Wildman–Crippen MR) is 78.7 cm³/mol.